The summed E-state index contributed by atoms with van der Waals surface area (Å²) >= 11 is 1.56. The Balaban J connectivity index is 2.11. The highest BCUT2D eigenvalue weighted by molar-refractivity contribution is 8.00. The number of aliphatic carboxylic acids is 1. The van der Waals surface area contributed by atoms with Gasteiger partial charge in [-0.1, -0.05) is 23.8 Å². The number of nitrogens with zero attached hydrogens (tertiary/aromatic N) is 1. The van der Waals surface area contributed by atoms with Crippen molar-refractivity contribution in [1.82, 2.24) is 4.90 Å². The SMILES string of the molecule is Cc1ccc([C@@]23CCC(=O)N2[C@H](C(=O)[O-])CS3)c(C)c1. The van der Waals surface area contributed by atoms with Gasteiger partial charge in [-0.2, -0.15) is 0 Å². The fraction of sp³-hybridized carbons (Fsp3) is 0.467. The largest absolute Gasteiger partial charge is 0.548 e. The average Bonchev–Trinajstić information content (AvgIpc) is 2.89. The molecule has 3 rings (SSSR count). The minimum Gasteiger partial charge on any atom is -0.548 e. The second kappa shape index (κ2) is 4.52. The Kier molecular flexibility index (Phi) is 3.05. The lowest BCUT2D eigenvalue weighted by Gasteiger charge is -2.35. The molecule has 0 N–H and O–H groups in total. The first-order chi connectivity index (χ1) is 9.45. The van der Waals surface area contributed by atoms with Crippen LogP contribution in [0.4, 0.5) is 0 Å². The molecule has 0 bridgehead atoms. The molecule has 20 heavy (non-hydrogen) atoms. The molecule has 0 aromatic heterocycles. The van der Waals surface area contributed by atoms with E-state index in [9.17, 15) is 14.7 Å². The molecule has 0 radical (unpaired) electrons. The van der Waals surface area contributed by atoms with Gasteiger partial charge in [0.1, 0.15) is 4.87 Å². The van der Waals surface area contributed by atoms with Crippen molar-refractivity contribution in [3.05, 3.63) is 34.9 Å². The van der Waals surface area contributed by atoms with Gasteiger partial charge < -0.3 is 14.8 Å². The normalized spacial score (nSPS) is 28.8. The first kappa shape index (κ1) is 13.5. The fourth-order valence-electron chi connectivity index (χ4n) is 3.34. The predicted octanol–water partition coefficient (Wildman–Crippen LogP) is 0.944. The zero-order valence-electron chi connectivity index (χ0n) is 11.5. The van der Waals surface area contributed by atoms with E-state index in [2.05, 4.69) is 6.07 Å². The van der Waals surface area contributed by atoms with Crippen LogP contribution in [0.2, 0.25) is 0 Å². The molecular weight excluding hydrogens is 274 g/mol. The van der Waals surface area contributed by atoms with Crippen molar-refractivity contribution in [2.75, 3.05) is 5.75 Å². The van der Waals surface area contributed by atoms with Gasteiger partial charge in [-0.05, 0) is 31.4 Å². The lowest BCUT2D eigenvalue weighted by atomic mass is 9.96. The van der Waals surface area contributed by atoms with E-state index in [0.717, 1.165) is 16.7 Å². The van der Waals surface area contributed by atoms with Crippen molar-refractivity contribution < 1.29 is 14.7 Å². The molecule has 2 saturated heterocycles. The van der Waals surface area contributed by atoms with E-state index in [4.69, 9.17) is 0 Å². The number of carboxylic acids is 1. The maximum atomic E-state index is 12.1. The van der Waals surface area contributed by atoms with E-state index in [1.807, 2.05) is 26.0 Å². The Hall–Kier alpha value is -1.49. The molecule has 0 saturated carbocycles. The van der Waals surface area contributed by atoms with Crippen LogP contribution < -0.4 is 5.11 Å². The molecule has 0 unspecified atom stereocenters. The summed E-state index contributed by atoms with van der Waals surface area (Å²) in [6, 6.07) is 5.32. The van der Waals surface area contributed by atoms with Crippen molar-refractivity contribution in [2.24, 2.45) is 0 Å². The summed E-state index contributed by atoms with van der Waals surface area (Å²) < 4.78 is 0. The highest BCUT2D eigenvalue weighted by Gasteiger charge is 2.55. The van der Waals surface area contributed by atoms with Crippen molar-refractivity contribution in [3.63, 3.8) is 0 Å². The number of hydrogen-bond donors (Lipinski definition) is 0. The molecule has 2 aliphatic heterocycles. The topological polar surface area (TPSA) is 60.4 Å². The van der Waals surface area contributed by atoms with Gasteiger partial charge in [0.2, 0.25) is 5.91 Å². The predicted molar refractivity (Wildman–Crippen MR) is 74.9 cm³/mol. The number of carboxylic acid groups (broad SMARTS) is 1. The molecule has 4 nitrogen and oxygen atoms in total. The van der Waals surface area contributed by atoms with Crippen LogP contribution in [-0.2, 0) is 14.5 Å². The maximum Gasteiger partial charge on any atom is 0.224 e. The average molecular weight is 290 g/mol. The van der Waals surface area contributed by atoms with E-state index >= 15 is 0 Å². The highest BCUT2D eigenvalue weighted by atomic mass is 32.2. The third kappa shape index (κ3) is 1.76. The van der Waals surface area contributed by atoms with Crippen LogP contribution in [-0.4, -0.2) is 28.6 Å². The number of amides is 1. The lowest BCUT2D eigenvalue weighted by molar-refractivity contribution is -0.310. The number of benzene rings is 1. The first-order valence-corrected chi connectivity index (χ1v) is 7.69. The Morgan fingerprint density at radius 1 is 1.45 bits per heavy atom. The number of hydrogen-bond acceptors (Lipinski definition) is 4. The van der Waals surface area contributed by atoms with Crippen molar-refractivity contribution >= 4 is 23.6 Å². The third-order valence-corrected chi connectivity index (χ3v) is 5.78. The second-order valence-electron chi connectivity index (χ2n) is 5.51. The first-order valence-electron chi connectivity index (χ1n) is 6.70. The fourth-order valence-corrected chi connectivity index (χ4v) is 5.06. The minimum absolute atomic E-state index is 0.0795. The molecule has 1 aromatic rings. The van der Waals surface area contributed by atoms with Gasteiger partial charge in [0, 0.05) is 12.2 Å². The van der Waals surface area contributed by atoms with Gasteiger partial charge >= 0.3 is 0 Å². The summed E-state index contributed by atoms with van der Waals surface area (Å²) in [6.07, 6.45) is 1.08. The van der Waals surface area contributed by atoms with Crippen LogP contribution in [0, 0.1) is 13.8 Å². The number of aryl methyl sites for hydroxylation is 2. The van der Waals surface area contributed by atoms with Gasteiger partial charge in [-0.15, -0.1) is 11.8 Å². The number of fused-ring (bicyclic) bond motifs is 1. The number of carbonyl (C=O) groups is 2. The molecule has 2 fully saturated rings. The van der Waals surface area contributed by atoms with Crippen LogP contribution >= 0.6 is 11.8 Å². The highest BCUT2D eigenvalue weighted by Crippen LogP contribution is 2.55. The Morgan fingerprint density at radius 3 is 2.85 bits per heavy atom. The summed E-state index contributed by atoms with van der Waals surface area (Å²) in [6.45, 7) is 4.04. The molecule has 1 aromatic carbocycles. The smallest absolute Gasteiger partial charge is 0.224 e. The van der Waals surface area contributed by atoms with Crippen LogP contribution in [0.25, 0.3) is 0 Å². The van der Waals surface area contributed by atoms with Gasteiger partial charge in [-0.25, -0.2) is 0 Å². The van der Waals surface area contributed by atoms with Crippen LogP contribution in [0.15, 0.2) is 18.2 Å². The van der Waals surface area contributed by atoms with Crippen molar-refractivity contribution in [2.45, 2.75) is 37.6 Å². The van der Waals surface area contributed by atoms with Crippen LogP contribution in [0.5, 0.6) is 0 Å². The molecule has 0 aliphatic carbocycles. The van der Waals surface area contributed by atoms with E-state index in [1.54, 1.807) is 16.7 Å². The number of rotatable bonds is 2. The van der Waals surface area contributed by atoms with Gasteiger partial charge in [-0.3, -0.25) is 4.79 Å². The Bertz CT molecular complexity index is 601. The van der Waals surface area contributed by atoms with E-state index in [-0.39, 0.29) is 5.91 Å². The standard InChI is InChI=1S/C15H17NO3S/c1-9-3-4-11(10(2)7-9)15-6-5-13(17)16(15)12(8-20-15)14(18)19/h3-4,7,12H,5-6,8H2,1-2H3,(H,18,19)/p-1/t12-,15-/m0/s1. The van der Waals surface area contributed by atoms with Crippen molar-refractivity contribution in [3.8, 4) is 0 Å². The summed E-state index contributed by atoms with van der Waals surface area (Å²) in [7, 11) is 0. The van der Waals surface area contributed by atoms with Crippen molar-refractivity contribution in [1.29, 1.82) is 0 Å². The molecule has 2 atom stereocenters. The minimum atomic E-state index is -1.15. The summed E-state index contributed by atoms with van der Waals surface area (Å²) in [5.74, 6) is -0.829. The van der Waals surface area contributed by atoms with Gasteiger partial charge in [0.05, 0.1) is 12.0 Å². The van der Waals surface area contributed by atoms with Gasteiger partial charge in [0.25, 0.3) is 0 Å². The van der Waals surface area contributed by atoms with E-state index in [0.29, 0.717) is 18.6 Å². The van der Waals surface area contributed by atoms with Gasteiger partial charge in [0.15, 0.2) is 0 Å². The summed E-state index contributed by atoms with van der Waals surface area (Å²) in [5.41, 5.74) is 3.33. The third-order valence-electron chi connectivity index (χ3n) is 4.20. The molecule has 5 heteroatoms. The van der Waals surface area contributed by atoms with E-state index < -0.39 is 16.9 Å². The van der Waals surface area contributed by atoms with Crippen LogP contribution in [0.1, 0.15) is 29.5 Å². The second-order valence-corrected chi connectivity index (χ2v) is 6.81. The lowest BCUT2D eigenvalue weighted by Crippen LogP contribution is -2.51. The van der Waals surface area contributed by atoms with E-state index in [1.165, 1.54) is 0 Å². The molecule has 2 aliphatic rings. The molecule has 2 heterocycles. The monoisotopic (exact) mass is 290 g/mol. The molecule has 1 amide bonds. The summed E-state index contributed by atoms with van der Waals surface area (Å²) in [5, 5.41) is 11.3. The molecular formula is C15H16NO3S-. The molecule has 0 spiro atoms. The zero-order chi connectivity index (χ0) is 14.5. The number of carbonyl (C=O) groups excluding carboxylic acids is 2. The zero-order valence-corrected chi connectivity index (χ0v) is 12.3. The Morgan fingerprint density at radius 2 is 2.20 bits per heavy atom. The maximum absolute atomic E-state index is 12.1. The number of thioether (sulfide) groups is 1. The quantitative estimate of drug-likeness (QED) is 0.813. The van der Waals surface area contributed by atoms with Crippen LogP contribution in [0.3, 0.4) is 0 Å². The molecule has 106 valence electrons. The Labute approximate surface area is 122 Å². The summed E-state index contributed by atoms with van der Waals surface area (Å²) in [4.78, 5) is 24.5.